The summed E-state index contributed by atoms with van der Waals surface area (Å²) in [4.78, 5) is 1.12. The van der Waals surface area contributed by atoms with Crippen molar-refractivity contribution in [2.45, 2.75) is 11.8 Å². The van der Waals surface area contributed by atoms with E-state index in [0.717, 1.165) is 22.1 Å². The van der Waals surface area contributed by atoms with Gasteiger partial charge in [-0.15, -0.1) is 11.8 Å². The number of aryl methyl sites for hydroxylation is 1. The van der Waals surface area contributed by atoms with Crippen LogP contribution in [0.4, 0.5) is 5.69 Å². The van der Waals surface area contributed by atoms with Crippen LogP contribution in [0.15, 0.2) is 53.4 Å². The molecule has 2 aromatic carbocycles. The van der Waals surface area contributed by atoms with Gasteiger partial charge in [0.25, 0.3) is 0 Å². The molecule has 0 aliphatic carbocycles. The van der Waals surface area contributed by atoms with Crippen molar-refractivity contribution in [3.8, 4) is 5.75 Å². The Labute approximate surface area is 112 Å². The van der Waals surface area contributed by atoms with Crippen LogP contribution in [0.25, 0.3) is 0 Å². The average molecular weight is 259 g/mol. The first-order valence-corrected chi connectivity index (χ1v) is 6.91. The molecular weight excluding hydrogens is 242 g/mol. The molecule has 0 bridgehead atoms. The number of nitrogens with two attached hydrogens (primary N) is 1. The zero-order chi connectivity index (χ0) is 12.8. The van der Waals surface area contributed by atoms with Gasteiger partial charge in [0.2, 0.25) is 0 Å². The fraction of sp³-hybridized carbons (Fsp3) is 0.200. The number of thioether (sulfide) groups is 1. The van der Waals surface area contributed by atoms with Gasteiger partial charge in [-0.1, -0.05) is 24.3 Å². The predicted molar refractivity (Wildman–Crippen MR) is 78.3 cm³/mol. The minimum Gasteiger partial charge on any atom is -0.493 e. The summed E-state index contributed by atoms with van der Waals surface area (Å²) in [5.41, 5.74) is 7.92. The van der Waals surface area contributed by atoms with E-state index in [1.165, 1.54) is 5.56 Å². The number of nitrogen functional groups attached to an aromatic ring is 1. The Morgan fingerprint density at radius 2 is 1.94 bits per heavy atom. The third kappa shape index (κ3) is 3.70. The number of benzene rings is 2. The second kappa shape index (κ2) is 6.36. The third-order valence-corrected chi connectivity index (χ3v) is 3.57. The summed E-state index contributed by atoms with van der Waals surface area (Å²) in [5.74, 6) is 1.82. The Bertz CT molecular complexity index is 513. The summed E-state index contributed by atoms with van der Waals surface area (Å²) < 4.78 is 5.69. The number of hydrogen-bond donors (Lipinski definition) is 1. The summed E-state index contributed by atoms with van der Waals surface area (Å²) >= 11 is 1.72. The molecule has 94 valence electrons. The van der Waals surface area contributed by atoms with Gasteiger partial charge in [-0.3, -0.25) is 0 Å². The molecule has 18 heavy (non-hydrogen) atoms. The van der Waals surface area contributed by atoms with E-state index in [2.05, 4.69) is 13.0 Å². The van der Waals surface area contributed by atoms with Crippen LogP contribution in [-0.4, -0.2) is 12.4 Å². The van der Waals surface area contributed by atoms with Crippen molar-refractivity contribution in [1.82, 2.24) is 0 Å². The molecule has 0 heterocycles. The van der Waals surface area contributed by atoms with E-state index in [-0.39, 0.29) is 0 Å². The van der Waals surface area contributed by atoms with Crippen LogP contribution in [0, 0.1) is 6.92 Å². The number of ether oxygens (including phenoxy) is 1. The smallest absolute Gasteiger partial charge is 0.119 e. The van der Waals surface area contributed by atoms with Crippen molar-refractivity contribution in [3.05, 3.63) is 54.1 Å². The van der Waals surface area contributed by atoms with Gasteiger partial charge in [0.15, 0.2) is 0 Å². The Hall–Kier alpha value is -1.61. The zero-order valence-corrected chi connectivity index (χ0v) is 11.2. The molecule has 3 heteroatoms. The summed E-state index contributed by atoms with van der Waals surface area (Å²) in [6, 6.07) is 16.0. The number of anilines is 1. The van der Waals surface area contributed by atoms with Crippen LogP contribution < -0.4 is 10.5 Å². The van der Waals surface area contributed by atoms with Gasteiger partial charge in [0, 0.05) is 16.3 Å². The molecule has 2 rings (SSSR count). The molecule has 0 aliphatic heterocycles. The predicted octanol–water partition coefficient (Wildman–Crippen LogP) is 3.75. The minimum atomic E-state index is 0.683. The van der Waals surface area contributed by atoms with E-state index in [4.69, 9.17) is 10.5 Å². The van der Waals surface area contributed by atoms with Crippen molar-refractivity contribution in [2.75, 3.05) is 18.1 Å². The van der Waals surface area contributed by atoms with Gasteiger partial charge >= 0.3 is 0 Å². The van der Waals surface area contributed by atoms with Gasteiger partial charge in [-0.25, -0.2) is 0 Å². The van der Waals surface area contributed by atoms with Crippen LogP contribution in [0.3, 0.4) is 0 Å². The Morgan fingerprint density at radius 3 is 2.72 bits per heavy atom. The molecule has 0 amide bonds. The lowest BCUT2D eigenvalue weighted by Crippen LogP contribution is -2.00. The van der Waals surface area contributed by atoms with E-state index in [0.29, 0.717) is 6.61 Å². The normalized spacial score (nSPS) is 10.3. The quantitative estimate of drug-likeness (QED) is 0.504. The van der Waals surface area contributed by atoms with Crippen molar-refractivity contribution >= 4 is 17.4 Å². The molecule has 2 aromatic rings. The van der Waals surface area contributed by atoms with Crippen LogP contribution in [0.5, 0.6) is 5.75 Å². The molecule has 0 atom stereocenters. The van der Waals surface area contributed by atoms with Gasteiger partial charge < -0.3 is 10.5 Å². The van der Waals surface area contributed by atoms with Crippen LogP contribution >= 0.6 is 11.8 Å². The first kappa shape index (κ1) is 12.8. The Kier molecular flexibility index (Phi) is 4.53. The molecule has 0 fully saturated rings. The summed E-state index contributed by atoms with van der Waals surface area (Å²) in [6.07, 6.45) is 0. The summed E-state index contributed by atoms with van der Waals surface area (Å²) in [6.45, 7) is 2.74. The van der Waals surface area contributed by atoms with E-state index in [1.54, 1.807) is 11.8 Å². The maximum Gasteiger partial charge on any atom is 0.119 e. The van der Waals surface area contributed by atoms with Gasteiger partial charge in [-0.2, -0.15) is 0 Å². The molecule has 0 radical (unpaired) electrons. The second-order valence-corrected chi connectivity index (χ2v) is 5.19. The number of hydrogen-bond acceptors (Lipinski definition) is 3. The SMILES string of the molecule is Cc1cccc(OCCSc2ccccc2N)c1. The maximum absolute atomic E-state index is 5.87. The fourth-order valence-corrected chi connectivity index (χ4v) is 2.42. The first-order chi connectivity index (χ1) is 8.75. The van der Waals surface area contributed by atoms with E-state index in [9.17, 15) is 0 Å². The van der Waals surface area contributed by atoms with E-state index < -0.39 is 0 Å². The van der Waals surface area contributed by atoms with Gasteiger partial charge in [0.1, 0.15) is 5.75 Å². The maximum atomic E-state index is 5.87. The average Bonchev–Trinajstić information content (AvgIpc) is 2.37. The van der Waals surface area contributed by atoms with Crippen LogP contribution in [-0.2, 0) is 0 Å². The lowest BCUT2D eigenvalue weighted by Gasteiger charge is -2.07. The highest BCUT2D eigenvalue weighted by Gasteiger charge is 1.99. The second-order valence-electron chi connectivity index (χ2n) is 4.05. The summed E-state index contributed by atoms with van der Waals surface area (Å²) in [7, 11) is 0. The van der Waals surface area contributed by atoms with E-state index in [1.807, 2.05) is 42.5 Å². The van der Waals surface area contributed by atoms with E-state index >= 15 is 0 Å². The molecule has 0 aromatic heterocycles. The molecule has 0 saturated heterocycles. The molecule has 0 spiro atoms. The molecule has 0 aliphatic rings. The number of para-hydroxylation sites is 1. The number of rotatable bonds is 5. The molecule has 2 N–H and O–H groups in total. The highest BCUT2D eigenvalue weighted by atomic mass is 32.2. The summed E-state index contributed by atoms with van der Waals surface area (Å²) in [5, 5.41) is 0. The van der Waals surface area contributed by atoms with Crippen LogP contribution in [0.1, 0.15) is 5.56 Å². The Morgan fingerprint density at radius 1 is 1.11 bits per heavy atom. The van der Waals surface area contributed by atoms with Crippen molar-refractivity contribution in [1.29, 1.82) is 0 Å². The highest BCUT2D eigenvalue weighted by molar-refractivity contribution is 7.99. The molecule has 0 saturated carbocycles. The zero-order valence-electron chi connectivity index (χ0n) is 10.4. The molecule has 0 unspecified atom stereocenters. The van der Waals surface area contributed by atoms with Crippen molar-refractivity contribution in [2.24, 2.45) is 0 Å². The third-order valence-electron chi connectivity index (χ3n) is 2.52. The lowest BCUT2D eigenvalue weighted by atomic mass is 10.2. The molecule has 2 nitrogen and oxygen atoms in total. The topological polar surface area (TPSA) is 35.2 Å². The van der Waals surface area contributed by atoms with Crippen LogP contribution in [0.2, 0.25) is 0 Å². The first-order valence-electron chi connectivity index (χ1n) is 5.92. The van der Waals surface area contributed by atoms with Gasteiger partial charge in [0.05, 0.1) is 6.61 Å². The largest absolute Gasteiger partial charge is 0.493 e. The Balaban J connectivity index is 1.78. The van der Waals surface area contributed by atoms with Crippen molar-refractivity contribution in [3.63, 3.8) is 0 Å². The fourth-order valence-electron chi connectivity index (χ4n) is 1.63. The van der Waals surface area contributed by atoms with Crippen molar-refractivity contribution < 1.29 is 4.74 Å². The lowest BCUT2D eigenvalue weighted by molar-refractivity contribution is 0.344. The monoisotopic (exact) mass is 259 g/mol. The van der Waals surface area contributed by atoms with Gasteiger partial charge in [-0.05, 0) is 36.8 Å². The highest BCUT2D eigenvalue weighted by Crippen LogP contribution is 2.24. The minimum absolute atomic E-state index is 0.683. The molecular formula is C15H17NOS. The standard InChI is InChI=1S/C15H17NOS/c1-12-5-4-6-13(11-12)17-9-10-18-15-8-3-2-7-14(15)16/h2-8,11H,9-10,16H2,1H3.